The third-order valence-corrected chi connectivity index (χ3v) is 4.18. The third-order valence-electron chi connectivity index (χ3n) is 4.18. The molecule has 0 saturated carbocycles. The quantitative estimate of drug-likeness (QED) is 0.472. The Hall–Kier alpha value is -2.88. The molecule has 25 heavy (non-hydrogen) atoms. The average molecular weight is 338 g/mol. The highest BCUT2D eigenvalue weighted by atomic mass is 16.5. The van der Waals surface area contributed by atoms with Crippen LogP contribution in [-0.2, 0) is 9.59 Å². The van der Waals surface area contributed by atoms with Crippen LogP contribution in [0.2, 0.25) is 0 Å². The molecule has 4 heteroatoms. The van der Waals surface area contributed by atoms with Gasteiger partial charge in [0.2, 0.25) is 0 Å². The van der Waals surface area contributed by atoms with E-state index in [1.54, 1.807) is 12.1 Å². The number of hydrogen-bond acceptors (Lipinski definition) is 4. The van der Waals surface area contributed by atoms with Crippen LogP contribution < -0.4 is 9.47 Å². The Bertz CT molecular complexity index is 847. The van der Waals surface area contributed by atoms with Crippen LogP contribution >= 0.6 is 0 Å². The molecule has 0 aromatic heterocycles. The zero-order valence-electron chi connectivity index (χ0n) is 15.2. The van der Waals surface area contributed by atoms with Gasteiger partial charge in [0, 0.05) is 11.6 Å². The SMILES string of the molecule is C/C(=C/C(=O)Oc1cccc(C)c1C)C(=O)Oc1cccc(C)c1C. The summed E-state index contributed by atoms with van der Waals surface area (Å²) >= 11 is 0. The lowest BCUT2D eigenvalue weighted by Crippen LogP contribution is -2.14. The van der Waals surface area contributed by atoms with Gasteiger partial charge in [-0.15, -0.1) is 0 Å². The summed E-state index contributed by atoms with van der Waals surface area (Å²) in [5, 5.41) is 0. The normalized spacial score (nSPS) is 11.2. The lowest BCUT2D eigenvalue weighted by atomic mass is 10.1. The molecule has 2 rings (SSSR count). The second-order valence-corrected chi connectivity index (χ2v) is 6.03. The summed E-state index contributed by atoms with van der Waals surface area (Å²) in [6.45, 7) is 9.17. The monoisotopic (exact) mass is 338 g/mol. The smallest absolute Gasteiger partial charge is 0.339 e. The molecule has 2 aromatic rings. The Labute approximate surface area is 148 Å². The molecule has 130 valence electrons. The standard InChI is InChI=1S/C21H22O4/c1-13-8-6-10-18(16(13)4)24-20(22)12-15(3)21(23)25-19-11-7-9-14(2)17(19)5/h6-12H,1-5H3/b15-12-. The van der Waals surface area contributed by atoms with E-state index in [9.17, 15) is 9.59 Å². The van der Waals surface area contributed by atoms with Crippen molar-refractivity contribution >= 4 is 11.9 Å². The fraction of sp³-hybridized carbons (Fsp3) is 0.238. The van der Waals surface area contributed by atoms with Gasteiger partial charge >= 0.3 is 11.9 Å². The molecule has 0 spiro atoms. The van der Waals surface area contributed by atoms with Crippen molar-refractivity contribution in [2.24, 2.45) is 0 Å². The predicted octanol–water partition coefficient (Wildman–Crippen LogP) is 4.38. The van der Waals surface area contributed by atoms with Crippen molar-refractivity contribution in [3.05, 3.63) is 70.3 Å². The molecule has 0 unspecified atom stereocenters. The molecule has 4 nitrogen and oxygen atoms in total. The van der Waals surface area contributed by atoms with E-state index in [4.69, 9.17) is 9.47 Å². The summed E-state index contributed by atoms with van der Waals surface area (Å²) in [5.41, 5.74) is 4.01. The lowest BCUT2D eigenvalue weighted by molar-refractivity contribution is -0.132. The molecule has 0 radical (unpaired) electrons. The molecule has 0 saturated heterocycles. The Balaban J connectivity index is 2.09. The lowest BCUT2D eigenvalue weighted by Gasteiger charge is -2.10. The molecular weight excluding hydrogens is 316 g/mol. The highest BCUT2D eigenvalue weighted by Crippen LogP contribution is 2.22. The maximum absolute atomic E-state index is 12.2. The first-order valence-corrected chi connectivity index (χ1v) is 8.04. The van der Waals surface area contributed by atoms with Gasteiger partial charge in [-0.05, 0) is 69.0 Å². The van der Waals surface area contributed by atoms with Crippen LogP contribution in [0, 0.1) is 27.7 Å². The molecule has 0 aliphatic carbocycles. The van der Waals surface area contributed by atoms with Crippen LogP contribution in [0.5, 0.6) is 11.5 Å². The molecule has 0 N–H and O–H groups in total. The maximum Gasteiger partial charge on any atom is 0.339 e. The summed E-state index contributed by atoms with van der Waals surface area (Å²) in [7, 11) is 0. The molecule has 0 heterocycles. The van der Waals surface area contributed by atoms with Crippen molar-refractivity contribution in [1.29, 1.82) is 0 Å². The van der Waals surface area contributed by atoms with Crippen molar-refractivity contribution < 1.29 is 19.1 Å². The number of rotatable bonds is 4. The summed E-state index contributed by atoms with van der Waals surface area (Å²) in [6, 6.07) is 11.0. The summed E-state index contributed by atoms with van der Waals surface area (Å²) in [6.07, 6.45) is 1.15. The van der Waals surface area contributed by atoms with Gasteiger partial charge in [0.05, 0.1) is 0 Å². The molecule has 0 aliphatic heterocycles. The Morgan fingerprint density at radius 1 is 0.800 bits per heavy atom. The minimum Gasteiger partial charge on any atom is -0.423 e. The fourth-order valence-electron chi connectivity index (χ4n) is 2.22. The van der Waals surface area contributed by atoms with Gasteiger partial charge in [0.15, 0.2) is 0 Å². The van der Waals surface area contributed by atoms with Crippen molar-refractivity contribution in [2.45, 2.75) is 34.6 Å². The minimum absolute atomic E-state index is 0.177. The van der Waals surface area contributed by atoms with E-state index in [0.717, 1.165) is 28.3 Å². The number of carbonyl (C=O) groups is 2. The van der Waals surface area contributed by atoms with E-state index in [1.807, 2.05) is 52.0 Å². The van der Waals surface area contributed by atoms with Crippen LogP contribution in [-0.4, -0.2) is 11.9 Å². The average Bonchev–Trinajstić information content (AvgIpc) is 2.56. The summed E-state index contributed by atoms with van der Waals surface area (Å²) < 4.78 is 10.7. The Morgan fingerprint density at radius 3 is 1.80 bits per heavy atom. The third kappa shape index (κ3) is 4.57. The zero-order chi connectivity index (χ0) is 18.6. The van der Waals surface area contributed by atoms with Gasteiger partial charge in [-0.25, -0.2) is 9.59 Å². The molecule has 0 fully saturated rings. The largest absolute Gasteiger partial charge is 0.423 e. The highest BCUT2D eigenvalue weighted by molar-refractivity contribution is 5.97. The van der Waals surface area contributed by atoms with Crippen molar-refractivity contribution in [2.75, 3.05) is 0 Å². The maximum atomic E-state index is 12.2. The molecule has 2 aromatic carbocycles. The van der Waals surface area contributed by atoms with Crippen LogP contribution in [0.4, 0.5) is 0 Å². The van der Waals surface area contributed by atoms with Gasteiger partial charge in [-0.1, -0.05) is 24.3 Å². The van der Waals surface area contributed by atoms with E-state index in [0.29, 0.717) is 11.5 Å². The summed E-state index contributed by atoms with van der Waals surface area (Å²) in [5.74, 6) is -0.215. The number of carbonyl (C=O) groups excluding carboxylic acids is 2. The van der Waals surface area contributed by atoms with Gasteiger partial charge in [-0.3, -0.25) is 0 Å². The first kappa shape index (κ1) is 18.5. The minimum atomic E-state index is -0.607. The van der Waals surface area contributed by atoms with Gasteiger partial charge in [0.1, 0.15) is 11.5 Å². The second kappa shape index (κ2) is 7.79. The number of esters is 2. The number of benzene rings is 2. The Morgan fingerprint density at radius 2 is 1.28 bits per heavy atom. The van der Waals surface area contributed by atoms with Crippen LogP contribution in [0.3, 0.4) is 0 Å². The number of ether oxygens (including phenoxy) is 2. The van der Waals surface area contributed by atoms with Crippen molar-refractivity contribution in [1.82, 2.24) is 0 Å². The highest BCUT2D eigenvalue weighted by Gasteiger charge is 2.13. The van der Waals surface area contributed by atoms with Crippen molar-refractivity contribution in [3.8, 4) is 11.5 Å². The van der Waals surface area contributed by atoms with E-state index in [-0.39, 0.29) is 5.57 Å². The van der Waals surface area contributed by atoms with E-state index < -0.39 is 11.9 Å². The molecular formula is C21H22O4. The van der Waals surface area contributed by atoms with Crippen LogP contribution in [0.15, 0.2) is 48.0 Å². The first-order valence-electron chi connectivity index (χ1n) is 8.04. The van der Waals surface area contributed by atoms with E-state index in [2.05, 4.69) is 0 Å². The first-order chi connectivity index (χ1) is 11.8. The topological polar surface area (TPSA) is 52.6 Å². The van der Waals surface area contributed by atoms with Gasteiger partial charge in [0.25, 0.3) is 0 Å². The molecule has 0 aliphatic rings. The molecule has 0 bridgehead atoms. The summed E-state index contributed by atoms with van der Waals surface area (Å²) in [4.78, 5) is 24.2. The van der Waals surface area contributed by atoms with E-state index >= 15 is 0 Å². The van der Waals surface area contributed by atoms with Crippen molar-refractivity contribution in [3.63, 3.8) is 0 Å². The molecule has 0 amide bonds. The predicted molar refractivity (Wildman–Crippen MR) is 96.9 cm³/mol. The fourth-order valence-corrected chi connectivity index (χ4v) is 2.22. The zero-order valence-corrected chi connectivity index (χ0v) is 15.2. The van der Waals surface area contributed by atoms with Crippen LogP contribution in [0.1, 0.15) is 29.2 Å². The second-order valence-electron chi connectivity index (χ2n) is 6.03. The number of hydrogen-bond donors (Lipinski definition) is 0. The molecule has 0 atom stereocenters. The van der Waals surface area contributed by atoms with E-state index in [1.165, 1.54) is 6.92 Å². The van der Waals surface area contributed by atoms with Crippen LogP contribution in [0.25, 0.3) is 0 Å². The number of aryl methyl sites for hydroxylation is 2. The van der Waals surface area contributed by atoms with Gasteiger partial charge in [-0.2, -0.15) is 0 Å². The Kier molecular flexibility index (Phi) is 5.75. The van der Waals surface area contributed by atoms with Gasteiger partial charge < -0.3 is 9.47 Å².